The van der Waals surface area contributed by atoms with Gasteiger partial charge in [0, 0.05) is 0 Å². The summed E-state index contributed by atoms with van der Waals surface area (Å²) in [5, 5.41) is 41.8. The van der Waals surface area contributed by atoms with E-state index < -0.39 is 59.4 Å². The van der Waals surface area contributed by atoms with Crippen LogP contribution in [0.1, 0.15) is 72.6 Å². The van der Waals surface area contributed by atoms with Crippen LogP contribution in [0.2, 0.25) is 0 Å². The van der Waals surface area contributed by atoms with Crippen LogP contribution in [0.3, 0.4) is 0 Å². The zero-order valence-corrected chi connectivity index (χ0v) is 26.4. The molecule has 5 aliphatic rings. The van der Waals surface area contributed by atoms with E-state index in [9.17, 15) is 33.4 Å². The zero-order valence-electron chi connectivity index (χ0n) is 23.6. The summed E-state index contributed by atoms with van der Waals surface area (Å²) in [5.74, 6) is 0.505. The van der Waals surface area contributed by atoms with Crippen molar-refractivity contribution in [1.82, 2.24) is 0 Å². The van der Waals surface area contributed by atoms with Crippen LogP contribution in [0.5, 0.6) is 0 Å². The first-order chi connectivity index (χ1) is 17.7. The molecule has 4 aliphatic carbocycles. The SMILES string of the molecule is CC1OC(O[C@H]2CC3C(=CCC4(C)C3CCC4[C@@H](C)O)C3(C)CCC(OS(=O)(=O)[O-])CC23)C(O)C(O)C1O.[Na+]. The zero-order chi connectivity index (χ0) is 27.8. The fourth-order valence-electron chi connectivity index (χ4n) is 9.04. The third-order valence-corrected chi connectivity index (χ3v) is 11.5. The smallest absolute Gasteiger partial charge is 0.726 e. The molecule has 39 heavy (non-hydrogen) atoms. The van der Waals surface area contributed by atoms with Gasteiger partial charge in [-0.05, 0) is 93.3 Å². The third kappa shape index (κ3) is 5.70. The summed E-state index contributed by atoms with van der Waals surface area (Å²) in [6.45, 7) is 7.93. The first-order valence-electron chi connectivity index (χ1n) is 14.0. The Bertz CT molecular complexity index is 1040. The number of fused-ring (bicyclic) bond motifs is 5. The maximum absolute atomic E-state index is 11.4. The van der Waals surface area contributed by atoms with Gasteiger partial charge < -0.3 is 34.5 Å². The molecule has 0 aromatic carbocycles. The largest absolute Gasteiger partial charge is 1.00 e. The van der Waals surface area contributed by atoms with E-state index in [1.165, 1.54) is 5.57 Å². The molecule has 1 heterocycles. The van der Waals surface area contributed by atoms with Gasteiger partial charge in [-0.1, -0.05) is 25.5 Å². The van der Waals surface area contributed by atoms with Crippen molar-refractivity contribution >= 4 is 10.4 Å². The van der Waals surface area contributed by atoms with E-state index in [0.717, 1.165) is 19.3 Å². The van der Waals surface area contributed by atoms with Crippen molar-refractivity contribution in [2.24, 2.45) is 34.5 Å². The van der Waals surface area contributed by atoms with Crippen LogP contribution >= 0.6 is 0 Å². The van der Waals surface area contributed by atoms with Gasteiger partial charge in [-0.2, -0.15) is 0 Å². The summed E-state index contributed by atoms with van der Waals surface area (Å²) in [6.07, 6.45) is -0.586. The Morgan fingerprint density at radius 1 is 1.08 bits per heavy atom. The molecule has 14 atom stereocenters. The predicted octanol–water partition coefficient (Wildman–Crippen LogP) is -1.38. The number of allylic oxidation sites excluding steroid dienone is 2. The molecule has 4 fully saturated rings. The van der Waals surface area contributed by atoms with Crippen molar-refractivity contribution in [1.29, 1.82) is 0 Å². The number of hydrogen-bond acceptors (Lipinski definition) is 10. The Labute approximate surface area is 253 Å². The summed E-state index contributed by atoms with van der Waals surface area (Å²) >= 11 is 0. The number of aliphatic hydroxyl groups excluding tert-OH is 4. The number of hydrogen-bond donors (Lipinski definition) is 4. The first kappa shape index (κ1) is 32.3. The van der Waals surface area contributed by atoms with Crippen LogP contribution in [0.25, 0.3) is 0 Å². The molecule has 0 aromatic rings. The third-order valence-electron chi connectivity index (χ3n) is 11.0. The van der Waals surface area contributed by atoms with Gasteiger partial charge >= 0.3 is 29.6 Å². The summed E-state index contributed by atoms with van der Waals surface area (Å²) in [7, 11) is -4.87. The van der Waals surface area contributed by atoms with Crippen molar-refractivity contribution in [2.75, 3.05) is 0 Å². The van der Waals surface area contributed by atoms with E-state index in [0.29, 0.717) is 31.6 Å². The molecule has 1 saturated heterocycles. The maximum atomic E-state index is 11.4. The van der Waals surface area contributed by atoms with Crippen LogP contribution < -0.4 is 29.6 Å². The molecule has 10 nitrogen and oxygen atoms in total. The van der Waals surface area contributed by atoms with Gasteiger partial charge in [0.15, 0.2) is 6.29 Å². The van der Waals surface area contributed by atoms with E-state index in [4.69, 9.17) is 13.7 Å². The van der Waals surface area contributed by atoms with Gasteiger partial charge in [-0.3, -0.25) is 4.18 Å². The van der Waals surface area contributed by atoms with E-state index in [1.807, 2.05) is 6.92 Å². The molecular weight excluding hydrogens is 539 g/mol. The molecule has 1 aliphatic heterocycles. The van der Waals surface area contributed by atoms with Crippen molar-refractivity contribution in [3.8, 4) is 0 Å². The topological polar surface area (TPSA) is 166 Å². The molecule has 218 valence electrons. The number of aliphatic hydroxyl groups is 4. The average Bonchev–Trinajstić information content (AvgIpc) is 3.18. The van der Waals surface area contributed by atoms with Crippen LogP contribution in [0.4, 0.5) is 0 Å². The molecule has 0 aromatic heterocycles. The van der Waals surface area contributed by atoms with Gasteiger partial charge in [0.2, 0.25) is 10.4 Å². The van der Waals surface area contributed by atoms with Gasteiger partial charge in [0.1, 0.15) is 18.3 Å². The summed E-state index contributed by atoms with van der Waals surface area (Å²) in [6, 6.07) is 0. The van der Waals surface area contributed by atoms with Crippen molar-refractivity contribution in [2.45, 2.75) is 122 Å². The Hall–Kier alpha value is 0.370. The van der Waals surface area contributed by atoms with Gasteiger partial charge in [0.25, 0.3) is 0 Å². The summed E-state index contributed by atoms with van der Waals surface area (Å²) in [5.41, 5.74) is 0.949. The quantitative estimate of drug-likeness (QED) is 0.131. The molecule has 3 saturated carbocycles. The normalized spacial score (nSPS) is 50.6. The Kier molecular flexibility index (Phi) is 9.49. The first-order valence-corrected chi connectivity index (χ1v) is 15.4. The van der Waals surface area contributed by atoms with Crippen molar-refractivity contribution in [3.63, 3.8) is 0 Å². The Morgan fingerprint density at radius 2 is 1.77 bits per heavy atom. The van der Waals surface area contributed by atoms with Gasteiger partial charge in [-0.25, -0.2) is 8.42 Å². The average molecular weight is 583 g/mol. The molecule has 4 N–H and O–H groups in total. The number of rotatable bonds is 5. The molecule has 0 amide bonds. The standard InChI is InChI=1S/C27H44O10S.Na/c1-13(28)17-5-6-18-16-12-21(36-25-24(31)23(30)22(29)14(2)35-25)20-11-15(37-38(32,33)34)7-9-27(20,4)19(16)8-10-26(17,18)3;/h8,13-18,20-25,28-31H,5-7,9-12H2,1-4H3,(H,32,33,34);/q;+1/p-1/t13-,14?,15?,16?,17?,18?,20?,21+,22?,23?,24?,25?,26?,27?;/m1./s1. The monoisotopic (exact) mass is 582 g/mol. The molecule has 5 rings (SSSR count). The van der Waals surface area contributed by atoms with E-state index >= 15 is 0 Å². The second-order valence-electron chi connectivity index (χ2n) is 13.0. The minimum Gasteiger partial charge on any atom is -0.726 e. The molecule has 12 heteroatoms. The molecule has 12 unspecified atom stereocenters. The van der Waals surface area contributed by atoms with Crippen LogP contribution in [0.15, 0.2) is 11.6 Å². The summed E-state index contributed by atoms with van der Waals surface area (Å²) in [4.78, 5) is 0. The van der Waals surface area contributed by atoms with E-state index in [1.54, 1.807) is 6.92 Å². The van der Waals surface area contributed by atoms with Gasteiger partial charge in [-0.15, -0.1) is 0 Å². The van der Waals surface area contributed by atoms with Crippen LogP contribution in [-0.4, -0.2) is 82.4 Å². The van der Waals surface area contributed by atoms with Gasteiger partial charge in [0.05, 0.1) is 24.4 Å². The molecule has 0 spiro atoms. The second kappa shape index (κ2) is 11.5. The van der Waals surface area contributed by atoms with Crippen LogP contribution in [-0.2, 0) is 24.1 Å². The van der Waals surface area contributed by atoms with E-state index in [-0.39, 0.29) is 58.1 Å². The van der Waals surface area contributed by atoms with Crippen molar-refractivity contribution < 1.29 is 76.6 Å². The maximum Gasteiger partial charge on any atom is 1.00 e. The Morgan fingerprint density at radius 3 is 2.41 bits per heavy atom. The minimum absolute atomic E-state index is 0. The van der Waals surface area contributed by atoms with Crippen LogP contribution in [0, 0.1) is 34.5 Å². The minimum atomic E-state index is -4.87. The van der Waals surface area contributed by atoms with Crippen molar-refractivity contribution in [3.05, 3.63) is 11.6 Å². The summed E-state index contributed by atoms with van der Waals surface area (Å²) < 4.78 is 51.4. The molecular formula is C27H43NaO10S. The fraction of sp³-hybridized carbons (Fsp3) is 0.926. The Balaban J connectivity index is 0.00000353. The number of ether oxygens (including phenoxy) is 2. The van der Waals surface area contributed by atoms with E-state index in [2.05, 4.69) is 19.9 Å². The molecule has 0 radical (unpaired) electrons. The molecule has 0 bridgehead atoms. The predicted molar refractivity (Wildman–Crippen MR) is 134 cm³/mol. The fourth-order valence-corrected chi connectivity index (χ4v) is 9.55. The second-order valence-corrected chi connectivity index (χ2v) is 14.0.